The summed E-state index contributed by atoms with van der Waals surface area (Å²) in [6.07, 6.45) is 2.61. The average Bonchev–Trinajstić information content (AvgIpc) is 3.01. The van der Waals surface area contributed by atoms with E-state index in [0.29, 0.717) is 11.5 Å². The molecule has 3 aromatic rings. The molecular weight excluding hydrogens is 366 g/mol. The lowest BCUT2D eigenvalue weighted by molar-refractivity contribution is 0.102. The van der Waals surface area contributed by atoms with Gasteiger partial charge in [0.2, 0.25) is 5.95 Å². The molecule has 0 fully saturated rings. The summed E-state index contributed by atoms with van der Waals surface area (Å²) in [5.74, 6) is 0.758. The van der Waals surface area contributed by atoms with Crippen molar-refractivity contribution >= 4 is 11.9 Å². The molecule has 7 heteroatoms. The first kappa shape index (κ1) is 20.5. The predicted octanol–water partition coefficient (Wildman–Crippen LogP) is 3.83. The van der Waals surface area contributed by atoms with Crippen LogP contribution in [0.25, 0.3) is 5.69 Å². The highest BCUT2D eigenvalue weighted by Gasteiger charge is 2.19. The molecule has 0 spiro atoms. The number of pyridine rings is 1. The second-order valence-corrected chi connectivity index (χ2v) is 7.46. The summed E-state index contributed by atoms with van der Waals surface area (Å²) < 4.78 is 3.24. The summed E-state index contributed by atoms with van der Waals surface area (Å²) in [5.41, 5.74) is 2.19. The Morgan fingerprint density at radius 1 is 1.21 bits per heavy atom. The van der Waals surface area contributed by atoms with Crippen LogP contribution in [0.1, 0.15) is 60.4 Å². The molecule has 2 aromatic heterocycles. The molecule has 7 nitrogen and oxygen atoms in total. The number of benzene rings is 1. The first-order chi connectivity index (χ1) is 13.8. The van der Waals surface area contributed by atoms with Crippen LogP contribution in [-0.4, -0.2) is 25.2 Å². The number of aryl methyl sites for hydroxylation is 3. The standard InChI is InChI=1S/C22H27N5O2/c1-6-11-27-16(5)23-22(25-27)24-20(28)19-15(4)10-12-26(21(19)29)18-9-7-8-17(13-18)14(2)3/h7-10,12-14H,6,11H2,1-5H3,(H,24,25,28). The van der Waals surface area contributed by atoms with Crippen molar-refractivity contribution in [1.82, 2.24) is 19.3 Å². The molecule has 1 aromatic carbocycles. The smallest absolute Gasteiger partial charge is 0.268 e. The number of nitrogens with one attached hydrogen (secondary N) is 1. The lowest BCUT2D eigenvalue weighted by Crippen LogP contribution is -2.29. The van der Waals surface area contributed by atoms with Crippen LogP contribution in [0.3, 0.4) is 0 Å². The molecule has 0 radical (unpaired) electrons. The van der Waals surface area contributed by atoms with E-state index in [1.54, 1.807) is 23.9 Å². The fraction of sp³-hybridized carbons (Fsp3) is 0.364. The van der Waals surface area contributed by atoms with Crippen molar-refractivity contribution in [3.63, 3.8) is 0 Å². The molecule has 0 unspecified atom stereocenters. The molecule has 0 aliphatic carbocycles. The van der Waals surface area contributed by atoms with Gasteiger partial charge in [-0.15, -0.1) is 5.10 Å². The molecule has 0 aliphatic heterocycles. The van der Waals surface area contributed by atoms with Crippen LogP contribution in [0.5, 0.6) is 0 Å². The van der Waals surface area contributed by atoms with Gasteiger partial charge in [0.1, 0.15) is 11.4 Å². The Labute approximate surface area is 170 Å². The first-order valence-corrected chi connectivity index (χ1v) is 9.87. The lowest BCUT2D eigenvalue weighted by atomic mass is 10.0. The van der Waals surface area contributed by atoms with E-state index in [1.807, 2.05) is 38.1 Å². The zero-order valence-corrected chi connectivity index (χ0v) is 17.6. The maximum atomic E-state index is 13.1. The Kier molecular flexibility index (Phi) is 5.96. The zero-order chi connectivity index (χ0) is 21.1. The van der Waals surface area contributed by atoms with Crippen molar-refractivity contribution in [1.29, 1.82) is 0 Å². The van der Waals surface area contributed by atoms with E-state index in [4.69, 9.17) is 0 Å². The number of amides is 1. The zero-order valence-electron chi connectivity index (χ0n) is 17.6. The molecule has 1 amide bonds. The van der Waals surface area contributed by atoms with Crippen molar-refractivity contribution in [2.24, 2.45) is 0 Å². The Morgan fingerprint density at radius 3 is 2.66 bits per heavy atom. The monoisotopic (exact) mass is 393 g/mol. The van der Waals surface area contributed by atoms with Gasteiger partial charge in [0, 0.05) is 18.4 Å². The van der Waals surface area contributed by atoms with Crippen molar-refractivity contribution in [3.8, 4) is 5.69 Å². The SMILES string of the molecule is CCCn1nc(NC(=O)c2c(C)ccn(-c3cccc(C(C)C)c3)c2=O)nc1C. The van der Waals surface area contributed by atoms with Gasteiger partial charge in [-0.2, -0.15) is 4.98 Å². The third-order valence-electron chi connectivity index (χ3n) is 4.86. The summed E-state index contributed by atoms with van der Waals surface area (Å²) in [6, 6.07) is 9.56. The molecule has 0 bridgehead atoms. The summed E-state index contributed by atoms with van der Waals surface area (Å²) in [6.45, 7) is 10.5. The van der Waals surface area contributed by atoms with E-state index < -0.39 is 5.91 Å². The van der Waals surface area contributed by atoms with Crippen LogP contribution in [0.15, 0.2) is 41.3 Å². The minimum Gasteiger partial charge on any atom is -0.289 e. The third-order valence-corrected chi connectivity index (χ3v) is 4.86. The number of carbonyl (C=O) groups excluding carboxylic acids is 1. The molecule has 3 rings (SSSR count). The van der Waals surface area contributed by atoms with Gasteiger partial charge in [-0.25, -0.2) is 4.68 Å². The van der Waals surface area contributed by atoms with E-state index in [0.717, 1.165) is 30.0 Å². The number of anilines is 1. The van der Waals surface area contributed by atoms with E-state index in [2.05, 4.69) is 29.2 Å². The van der Waals surface area contributed by atoms with Crippen molar-refractivity contribution in [2.75, 3.05) is 5.32 Å². The molecule has 152 valence electrons. The highest BCUT2D eigenvalue weighted by Crippen LogP contribution is 2.18. The van der Waals surface area contributed by atoms with Gasteiger partial charge in [0.15, 0.2) is 0 Å². The fourth-order valence-corrected chi connectivity index (χ4v) is 3.20. The van der Waals surface area contributed by atoms with Gasteiger partial charge in [0.05, 0.1) is 0 Å². The maximum absolute atomic E-state index is 13.1. The molecule has 2 heterocycles. The van der Waals surface area contributed by atoms with Gasteiger partial charge in [0.25, 0.3) is 11.5 Å². The number of hydrogen-bond acceptors (Lipinski definition) is 4. The van der Waals surface area contributed by atoms with Crippen LogP contribution in [0, 0.1) is 13.8 Å². The Bertz CT molecular complexity index is 1090. The molecule has 0 aliphatic rings. The van der Waals surface area contributed by atoms with Gasteiger partial charge in [-0.1, -0.05) is 32.9 Å². The van der Waals surface area contributed by atoms with Crippen LogP contribution < -0.4 is 10.9 Å². The predicted molar refractivity (Wildman–Crippen MR) is 114 cm³/mol. The lowest BCUT2D eigenvalue weighted by Gasteiger charge is -2.12. The number of rotatable bonds is 6. The van der Waals surface area contributed by atoms with Crippen LogP contribution in [0.2, 0.25) is 0 Å². The number of hydrogen-bond donors (Lipinski definition) is 1. The van der Waals surface area contributed by atoms with E-state index in [1.165, 1.54) is 4.57 Å². The van der Waals surface area contributed by atoms with Gasteiger partial charge in [-0.05, 0) is 55.5 Å². The van der Waals surface area contributed by atoms with E-state index >= 15 is 0 Å². The van der Waals surface area contributed by atoms with Crippen LogP contribution in [0.4, 0.5) is 5.95 Å². The van der Waals surface area contributed by atoms with Gasteiger partial charge < -0.3 is 0 Å². The van der Waals surface area contributed by atoms with Crippen molar-refractivity contribution < 1.29 is 4.79 Å². The minimum absolute atomic E-state index is 0.0898. The van der Waals surface area contributed by atoms with Crippen LogP contribution >= 0.6 is 0 Å². The second-order valence-electron chi connectivity index (χ2n) is 7.46. The van der Waals surface area contributed by atoms with Crippen LogP contribution in [-0.2, 0) is 6.54 Å². The molecule has 0 saturated heterocycles. The highest BCUT2D eigenvalue weighted by atomic mass is 16.2. The molecule has 0 saturated carbocycles. The normalized spacial score (nSPS) is 11.1. The Hall–Kier alpha value is -3.22. The summed E-state index contributed by atoms with van der Waals surface area (Å²) >= 11 is 0. The Balaban J connectivity index is 1.97. The molecular formula is C22H27N5O2. The van der Waals surface area contributed by atoms with E-state index in [9.17, 15) is 9.59 Å². The summed E-state index contributed by atoms with van der Waals surface area (Å²) in [5, 5.41) is 6.97. The topological polar surface area (TPSA) is 81.8 Å². The maximum Gasteiger partial charge on any atom is 0.268 e. The molecule has 0 atom stereocenters. The number of carbonyl (C=O) groups is 1. The Morgan fingerprint density at radius 2 is 1.97 bits per heavy atom. The summed E-state index contributed by atoms with van der Waals surface area (Å²) in [7, 11) is 0. The third kappa shape index (κ3) is 4.29. The highest BCUT2D eigenvalue weighted by molar-refractivity contribution is 6.04. The number of nitrogens with zero attached hydrogens (tertiary/aromatic N) is 4. The largest absolute Gasteiger partial charge is 0.289 e. The van der Waals surface area contributed by atoms with Gasteiger partial charge >= 0.3 is 0 Å². The first-order valence-electron chi connectivity index (χ1n) is 9.87. The average molecular weight is 393 g/mol. The molecule has 1 N–H and O–H groups in total. The number of aromatic nitrogens is 4. The second kappa shape index (κ2) is 8.43. The van der Waals surface area contributed by atoms with Crippen molar-refractivity contribution in [3.05, 3.63) is 69.4 Å². The summed E-state index contributed by atoms with van der Waals surface area (Å²) in [4.78, 5) is 30.3. The van der Waals surface area contributed by atoms with E-state index in [-0.39, 0.29) is 17.1 Å². The fourth-order valence-electron chi connectivity index (χ4n) is 3.20. The quantitative estimate of drug-likeness (QED) is 0.690. The molecule has 29 heavy (non-hydrogen) atoms. The van der Waals surface area contributed by atoms with Crippen molar-refractivity contribution in [2.45, 2.75) is 53.5 Å². The van der Waals surface area contributed by atoms with Gasteiger partial charge in [-0.3, -0.25) is 19.5 Å². The minimum atomic E-state index is -0.504.